The molecule has 1 heterocycles. The molecule has 1 aliphatic heterocycles. The van der Waals surface area contributed by atoms with Gasteiger partial charge in [-0.05, 0) is 49.1 Å². The van der Waals surface area contributed by atoms with Crippen molar-refractivity contribution >= 4 is 29.2 Å². The number of carboxylic acid groups (broad SMARTS) is 1. The Morgan fingerprint density at radius 2 is 1.79 bits per heavy atom. The first kappa shape index (κ1) is 20.4. The van der Waals surface area contributed by atoms with Crippen LogP contribution < -0.4 is 15.0 Å². The summed E-state index contributed by atoms with van der Waals surface area (Å²) in [6, 6.07) is 10.2. The van der Waals surface area contributed by atoms with Crippen LogP contribution in [-0.2, 0) is 22.4 Å². The summed E-state index contributed by atoms with van der Waals surface area (Å²) in [6.45, 7) is 5.43. The molecular formula is C22H24N2O5. The maximum Gasteiger partial charge on any atom is 0.335 e. The summed E-state index contributed by atoms with van der Waals surface area (Å²) >= 11 is 0. The average Bonchev–Trinajstić information content (AvgIpc) is 2.70. The van der Waals surface area contributed by atoms with Gasteiger partial charge in [0, 0.05) is 5.69 Å². The monoisotopic (exact) mass is 396 g/mol. The molecule has 0 saturated carbocycles. The standard InChI is InChI=1S/C22H24N2O5/c1-4-14-7-6-8-15(5-2)20(14)23-19(25)12-24-17-10-9-16(22(27)28)11-18(17)29-13(3)21(24)26/h6-11,13H,4-5,12H2,1-3H3,(H,23,25)(H,27,28). The van der Waals surface area contributed by atoms with Crippen LogP contribution in [0.3, 0.4) is 0 Å². The first-order valence-corrected chi connectivity index (χ1v) is 9.61. The number of ether oxygens (including phenoxy) is 1. The van der Waals surface area contributed by atoms with E-state index < -0.39 is 12.1 Å². The van der Waals surface area contributed by atoms with Gasteiger partial charge in [-0.15, -0.1) is 0 Å². The Labute approximate surface area is 169 Å². The Morgan fingerprint density at radius 1 is 1.14 bits per heavy atom. The molecule has 1 unspecified atom stereocenters. The summed E-state index contributed by atoms with van der Waals surface area (Å²) in [5.41, 5.74) is 3.29. The third-order valence-electron chi connectivity index (χ3n) is 4.98. The molecule has 7 nitrogen and oxygen atoms in total. The maximum absolute atomic E-state index is 12.8. The van der Waals surface area contributed by atoms with Gasteiger partial charge >= 0.3 is 5.97 Å². The van der Waals surface area contributed by atoms with Crippen LogP contribution in [0.25, 0.3) is 0 Å². The van der Waals surface area contributed by atoms with Crippen molar-refractivity contribution in [3.05, 3.63) is 53.1 Å². The van der Waals surface area contributed by atoms with E-state index in [4.69, 9.17) is 4.74 Å². The SMILES string of the molecule is CCc1cccc(CC)c1NC(=O)CN1C(=O)C(C)Oc2cc(C(=O)O)ccc21. The van der Waals surface area contributed by atoms with E-state index >= 15 is 0 Å². The zero-order chi connectivity index (χ0) is 21.1. The van der Waals surface area contributed by atoms with Crippen molar-refractivity contribution < 1.29 is 24.2 Å². The Bertz CT molecular complexity index is 947. The fourth-order valence-electron chi connectivity index (χ4n) is 3.43. The molecule has 2 aromatic rings. The van der Waals surface area contributed by atoms with E-state index in [0.717, 1.165) is 29.7 Å². The smallest absolute Gasteiger partial charge is 0.335 e. The van der Waals surface area contributed by atoms with Gasteiger partial charge in [-0.25, -0.2) is 4.79 Å². The number of benzene rings is 2. The number of nitrogens with zero attached hydrogens (tertiary/aromatic N) is 1. The van der Waals surface area contributed by atoms with Gasteiger partial charge in [0.1, 0.15) is 12.3 Å². The van der Waals surface area contributed by atoms with Gasteiger partial charge in [0.05, 0.1) is 11.3 Å². The van der Waals surface area contributed by atoms with Crippen LogP contribution in [0.5, 0.6) is 5.75 Å². The van der Waals surface area contributed by atoms with E-state index in [1.54, 1.807) is 6.92 Å². The molecule has 2 N–H and O–H groups in total. The van der Waals surface area contributed by atoms with Crippen molar-refractivity contribution in [2.75, 3.05) is 16.8 Å². The van der Waals surface area contributed by atoms with E-state index in [9.17, 15) is 19.5 Å². The quantitative estimate of drug-likeness (QED) is 0.781. The summed E-state index contributed by atoms with van der Waals surface area (Å²) in [6.07, 6.45) is 0.740. The predicted octanol–water partition coefficient (Wildman–Crippen LogP) is 3.26. The van der Waals surface area contributed by atoms with Gasteiger partial charge in [-0.3, -0.25) is 14.5 Å². The van der Waals surface area contributed by atoms with E-state index in [1.807, 2.05) is 32.0 Å². The van der Waals surface area contributed by atoms with Gasteiger partial charge in [0.15, 0.2) is 6.10 Å². The molecular weight excluding hydrogens is 372 g/mol. The molecule has 0 fully saturated rings. The van der Waals surface area contributed by atoms with Crippen molar-refractivity contribution in [2.24, 2.45) is 0 Å². The fraction of sp³-hybridized carbons (Fsp3) is 0.318. The molecule has 152 valence electrons. The molecule has 0 aliphatic carbocycles. The van der Waals surface area contributed by atoms with Crippen LogP contribution in [0.4, 0.5) is 11.4 Å². The number of para-hydroxylation sites is 1. The Hall–Kier alpha value is -3.35. The number of nitrogens with one attached hydrogen (secondary N) is 1. The first-order valence-electron chi connectivity index (χ1n) is 9.61. The highest BCUT2D eigenvalue weighted by atomic mass is 16.5. The Morgan fingerprint density at radius 3 is 2.38 bits per heavy atom. The minimum absolute atomic E-state index is 0.0548. The lowest BCUT2D eigenvalue weighted by Crippen LogP contribution is -2.47. The molecule has 7 heteroatoms. The lowest BCUT2D eigenvalue weighted by atomic mass is 10.0. The molecule has 0 spiro atoms. The minimum Gasteiger partial charge on any atom is -0.479 e. The van der Waals surface area contributed by atoms with Crippen molar-refractivity contribution in [1.82, 2.24) is 0 Å². The van der Waals surface area contributed by atoms with Gasteiger partial charge in [0.2, 0.25) is 5.91 Å². The number of hydrogen-bond acceptors (Lipinski definition) is 4. The van der Waals surface area contributed by atoms with Crippen LogP contribution in [0, 0.1) is 0 Å². The maximum atomic E-state index is 12.8. The van der Waals surface area contributed by atoms with Gasteiger partial charge in [0.25, 0.3) is 5.91 Å². The molecule has 0 saturated heterocycles. The van der Waals surface area contributed by atoms with Crippen LogP contribution in [0.1, 0.15) is 42.3 Å². The first-order chi connectivity index (χ1) is 13.8. The number of carbonyl (C=O) groups is 3. The number of amides is 2. The number of fused-ring (bicyclic) bond motifs is 1. The normalized spacial score (nSPS) is 15.5. The van der Waals surface area contributed by atoms with Crippen molar-refractivity contribution in [3.63, 3.8) is 0 Å². The van der Waals surface area contributed by atoms with Gasteiger partial charge in [-0.2, -0.15) is 0 Å². The summed E-state index contributed by atoms with van der Waals surface area (Å²) in [7, 11) is 0. The molecule has 0 aromatic heterocycles. The van der Waals surface area contributed by atoms with E-state index in [1.165, 1.54) is 23.1 Å². The van der Waals surface area contributed by atoms with E-state index in [2.05, 4.69) is 5.32 Å². The second-order valence-electron chi connectivity index (χ2n) is 6.88. The number of aryl methyl sites for hydroxylation is 2. The summed E-state index contributed by atoms with van der Waals surface area (Å²) in [5, 5.41) is 12.1. The zero-order valence-electron chi connectivity index (χ0n) is 16.7. The zero-order valence-corrected chi connectivity index (χ0v) is 16.7. The highest BCUT2D eigenvalue weighted by molar-refractivity contribution is 6.07. The van der Waals surface area contributed by atoms with E-state index in [-0.39, 0.29) is 29.7 Å². The molecule has 0 bridgehead atoms. The second-order valence-corrected chi connectivity index (χ2v) is 6.88. The number of rotatable bonds is 6. The number of hydrogen-bond donors (Lipinski definition) is 2. The molecule has 1 aliphatic rings. The van der Waals surface area contributed by atoms with Crippen LogP contribution in [-0.4, -0.2) is 35.5 Å². The van der Waals surface area contributed by atoms with Gasteiger partial charge in [-0.1, -0.05) is 32.0 Å². The second kappa shape index (κ2) is 8.34. The number of carbonyl (C=O) groups excluding carboxylic acids is 2. The highest BCUT2D eigenvalue weighted by Crippen LogP contribution is 2.35. The summed E-state index contributed by atoms with van der Waals surface area (Å²) < 4.78 is 5.55. The van der Waals surface area contributed by atoms with Gasteiger partial charge < -0.3 is 15.2 Å². The van der Waals surface area contributed by atoms with Crippen LogP contribution in [0.15, 0.2) is 36.4 Å². The molecule has 2 amide bonds. The number of anilines is 2. The molecule has 0 radical (unpaired) electrons. The fourth-order valence-corrected chi connectivity index (χ4v) is 3.43. The molecule has 29 heavy (non-hydrogen) atoms. The lowest BCUT2D eigenvalue weighted by Gasteiger charge is -2.32. The highest BCUT2D eigenvalue weighted by Gasteiger charge is 2.33. The Kier molecular flexibility index (Phi) is 5.87. The molecule has 3 rings (SSSR count). The molecule has 2 aromatic carbocycles. The van der Waals surface area contributed by atoms with E-state index in [0.29, 0.717) is 5.69 Å². The number of aromatic carboxylic acids is 1. The topological polar surface area (TPSA) is 95.9 Å². The summed E-state index contributed by atoms with van der Waals surface area (Å²) in [4.78, 5) is 38.0. The number of carboxylic acids is 1. The largest absolute Gasteiger partial charge is 0.479 e. The Balaban J connectivity index is 1.88. The predicted molar refractivity (Wildman–Crippen MR) is 110 cm³/mol. The van der Waals surface area contributed by atoms with Crippen molar-refractivity contribution in [1.29, 1.82) is 0 Å². The van der Waals surface area contributed by atoms with Crippen LogP contribution >= 0.6 is 0 Å². The van der Waals surface area contributed by atoms with Crippen molar-refractivity contribution in [2.45, 2.75) is 39.7 Å². The van der Waals surface area contributed by atoms with Crippen molar-refractivity contribution in [3.8, 4) is 5.75 Å². The summed E-state index contributed by atoms with van der Waals surface area (Å²) in [5.74, 6) is -1.49. The lowest BCUT2D eigenvalue weighted by molar-refractivity contribution is -0.127. The minimum atomic E-state index is -1.09. The third-order valence-corrected chi connectivity index (χ3v) is 4.98. The average molecular weight is 396 g/mol. The van der Waals surface area contributed by atoms with Crippen LogP contribution in [0.2, 0.25) is 0 Å². The molecule has 1 atom stereocenters. The third kappa shape index (κ3) is 4.08.